The maximum atomic E-state index is 13.6. The van der Waals surface area contributed by atoms with Gasteiger partial charge in [-0.05, 0) is 88.1 Å². The van der Waals surface area contributed by atoms with Gasteiger partial charge in [-0.2, -0.15) is 0 Å². The third-order valence-electron chi connectivity index (χ3n) is 6.70. The van der Waals surface area contributed by atoms with E-state index < -0.39 is 11.4 Å². The van der Waals surface area contributed by atoms with Gasteiger partial charge in [0.05, 0.1) is 17.4 Å². The van der Waals surface area contributed by atoms with Gasteiger partial charge >= 0.3 is 5.97 Å². The molecule has 1 fully saturated rings. The first-order valence-corrected chi connectivity index (χ1v) is 12.9. The third kappa shape index (κ3) is 6.05. The highest BCUT2D eigenvalue weighted by atomic mass is 19.1. The molecule has 0 unspecified atom stereocenters. The van der Waals surface area contributed by atoms with Crippen molar-refractivity contribution in [3.63, 3.8) is 0 Å². The highest BCUT2D eigenvalue weighted by Gasteiger charge is 2.28. The summed E-state index contributed by atoms with van der Waals surface area (Å²) < 4.78 is 20.5. The number of fused-ring (bicyclic) bond motifs is 1. The molecule has 5 rings (SSSR count). The molecule has 1 aliphatic rings. The molecular formula is C29H30FN5O4. The summed E-state index contributed by atoms with van der Waals surface area (Å²) in [6.07, 6.45) is 3.51. The van der Waals surface area contributed by atoms with Crippen LogP contribution in [0.1, 0.15) is 50.4 Å². The number of likely N-dealkylation sites (tertiary alicyclic amines) is 1. The van der Waals surface area contributed by atoms with Crippen LogP contribution in [0, 0.1) is 11.7 Å². The van der Waals surface area contributed by atoms with Crippen LogP contribution < -0.4 is 5.56 Å². The van der Waals surface area contributed by atoms with Gasteiger partial charge in [-0.15, -0.1) is 5.10 Å². The first-order chi connectivity index (χ1) is 18.6. The van der Waals surface area contributed by atoms with Crippen molar-refractivity contribution in [2.75, 3.05) is 13.1 Å². The average molecular weight is 532 g/mol. The Morgan fingerprint density at radius 1 is 1.13 bits per heavy atom. The number of hydrogen-bond acceptors (Lipinski definition) is 6. The zero-order valence-corrected chi connectivity index (χ0v) is 22.1. The summed E-state index contributed by atoms with van der Waals surface area (Å²) in [6, 6.07) is 12.7. The molecule has 9 nitrogen and oxygen atoms in total. The second-order valence-electron chi connectivity index (χ2n) is 10.9. The van der Waals surface area contributed by atoms with Crippen molar-refractivity contribution < 1.29 is 18.7 Å². The van der Waals surface area contributed by atoms with Gasteiger partial charge in [0.15, 0.2) is 0 Å². The molecule has 3 heterocycles. The summed E-state index contributed by atoms with van der Waals surface area (Å²) in [5, 5.41) is 8.80. The molecule has 39 heavy (non-hydrogen) atoms. The van der Waals surface area contributed by atoms with Crippen molar-refractivity contribution in [3.8, 4) is 16.9 Å². The zero-order chi connectivity index (χ0) is 27.7. The number of carbonyl (C=O) groups is 2. The van der Waals surface area contributed by atoms with Gasteiger partial charge in [0.2, 0.25) is 0 Å². The summed E-state index contributed by atoms with van der Waals surface area (Å²) in [4.78, 5) is 42.2. The SMILES string of the molecule is CC(C)(C)OC(=O)CC[C@@H]1CCN(C(=O)c2ccc(-n3cc(-c4cc5cc(F)ccc5[nH]c4=O)nn3)cc2)C1. The predicted molar refractivity (Wildman–Crippen MR) is 144 cm³/mol. The number of aromatic nitrogens is 4. The minimum absolute atomic E-state index is 0.0597. The molecule has 0 saturated carbocycles. The molecular weight excluding hydrogens is 501 g/mol. The molecule has 0 bridgehead atoms. The van der Waals surface area contributed by atoms with Gasteiger partial charge in [0.25, 0.3) is 11.5 Å². The quantitative estimate of drug-likeness (QED) is 0.367. The van der Waals surface area contributed by atoms with Gasteiger partial charge in [0, 0.05) is 36.0 Å². The number of esters is 1. The average Bonchev–Trinajstić information content (AvgIpc) is 3.56. The molecule has 2 aromatic carbocycles. The van der Waals surface area contributed by atoms with Crippen LogP contribution in [0.15, 0.2) is 59.5 Å². The molecule has 1 atom stereocenters. The minimum Gasteiger partial charge on any atom is -0.460 e. The van der Waals surface area contributed by atoms with Crippen LogP contribution in [0.25, 0.3) is 27.8 Å². The lowest BCUT2D eigenvalue weighted by atomic mass is 10.0. The lowest BCUT2D eigenvalue weighted by molar-refractivity contribution is -0.155. The number of pyridine rings is 1. The Kier molecular flexibility index (Phi) is 7.03. The Labute approximate surface area is 224 Å². The van der Waals surface area contributed by atoms with Crippen LogP contribution in [-0.4, -0.2) is 55.4 Å². The monoisotopic (exact) mass is 531 g/mol. The van der Waals surface area contributed by atoms with Gasteiger partial charge in [-0.3, -0.25) is 14.4 Å². The zero-order valence-electron chi connectivity index (χ0n) is 22.1. The van der Waals surface area contributed by atoms with E-state index in [1.54, 1.807) is 36.5 Å². The van der Waals surface area contributed by atoms with Crippen LogP contribution in [0.4, 0.5) is 4.39 Å². The van der Waals surface area contributed by atoms with Crippen molar-refractivity contribution in [1.29, 1.82) is 0 Å². The number of nitrogens with one attached hydrogen (secondary N) is 1. The highest BCUT2D eigenvalue weighted by Crippen LogP contribution is 2.24. The van der Waals surface area contributed by atoms with Crippen LogP contribution >= 0.6 is 0 Å². The van der Waals surface area contributed by atoms with E-state index in [4.69, 9.17) is 4.74 Å². The fourth-order valence-electron chi connectivity index (χ4n) is 4.79. The largest absolute Gasteiger partial charge is 0.460 e. The van der Waals surface area contributed by atoms with Crippen LogP contribution in [0.2, 0.25) is 0 Å². The first-order valence-electron chi connectivity index (χ1n) is 12.9. The molecule has 10 heteroatoms. The van der Waals surface area contributed by atoms with E-state index in [-0.39, 0.29) is 28.9 Å². The molecule has 0 aliphatic carbocycles. The van der Waals surface area contributed by atoms with Crippen molar-refractivity contribution in [3.05, 3.63) is 76.5 Å². The molecule has 1 saturated heterocycles. The lowest BCUT2D eigenvalue weighted by Gasteiger charge is -2.20. The Morgan fingerprint density at radius 2 is 1.90 bits per heavy atom. The molecule has 0 spiro atoms. The number of hydrogen-bond donors (Lipinski definition) is 1. The number of benzene rings is 2. The number of aromatic amines is 1. The normalized spacial score (nSPS) is 15.6. The number of nitrogens with zero attached hydrogens (tertiary/aromatic N) is 4. The fourth-order valence-corrected chi connectivity index (χ4v) is 4.79. The Balaban J connectivity index is 1.23. The van der Waals surface area contributed by atoms with Crippen molar-refractivity contribution >= 4 is 22.8 Å². The van der Waals surface area contributed by atoms with Crippen molar-refractivity contribution in [2.24, 2.45) is 5.92 Å². The van der Waals surface area contributed by atoms with E-state index in [1.165, 1.54) is 22.9 Å². The molecule has 4 aromatic rings. The molecule has 1 N–H and O–H groups in total. The van der Waals surface area contributed by atoms with Crippen LogP contribution in [0.3, 0.4) is 0 Å². The minimum atomic E-state index is -0.497. The molecule has 1 aliphatic heterocycles. The number of H-pyrrole nitrogens is 1. The number of amides is 1. The van der Waals surface area contributed by atoms with Crippen molar-refractivity contribution in [1.82, 2.24) is 24.9 Å². The fraction of sp³-hybridized carbons (Fsp3) is 0.345. The van der Waals surface area contributed by atoms with Gasteiger partial charge in [-0.1, -0.05) is 5.21 Å². The number of carbonyl (C=O) groups excluding carboxylic acids is 2. The third-order valence-corrected chi connectivity index (χ3v) is 6.70. The Hall–Kier alpha value is -4.34. The predicted octanol–water partition coefficient (Wildman–Crippen LogP) is 4.50. The summed E-state index contributed by atoms with van der Waals surface area (Å²) in [7, 11) is 0. The Morgan fingerprint density at radius 3 is 2.64 bits per heavy atom. The second-order valence-corrected chi connectivity index (χ2v) is 10.9. The van der Waals surface area contributed by atoms with E-state index in [1.807, 2.05) is 25.7 Å². The summed E-state index contributed by atoms with van der Waals surface area (Å²) in [5.74, 6) is -0.401. The topological polar surface area (TPSA) is 110 Å². The molecule has 2 aromatic heterocycles. The second kappa shape index (κ2) is 10.4. The number of halogens is 1. The maximum Gasteiger partial charge on any atom is 0.306 e. The van der Waals surface area contributed by atoms with Crippen molar-refractivity contribution in [2.45, 2.75) is 45.6 Å². The summed E-state index contributed by atoms with van der Waals surface area (Å²) >= 11 is 0. The summed E-state index contributed by atoms with van der Waals surface area (Å²) in [5.41, 5.74) is 1.54. The van der Waals surface area contributed by atoms with E-state index in [2.05, 4.69) is 15.3 Å². The standard InChI is InChI=1S/C29H30FN5O4/c1-29(2,3)39-26(36)11-4-18-12-13-34(16-18)28(38)19-5-8-22(9-6-19)35-17-25(32-33-35)23-15-20-14-21(30)7-10-24(20)31-27(23)37/h5-10,14-15,17-18H,4,11-13,16H2,1-3H3,(H,31,37)/t18-/m1/s1. The first kappa shape index (κ1) is 26.3. The smallest absolute Gasteiger partial charge is 0.306 e. The van der Waals surface area contributed by atoms with E-state index in [0.717, 1.165) is 6.42 Å². The molecule has 1 amide bonds. The number of ether oxygens (including phenoxy) is 1. The van der Waals surface area contributed by atoms with Crippen LogP contribution in [0.5, 0.6) is 0 Å². The Bertz CT molecular complexity index is 1590. The maximum absolute atomic E-state index is 13.6. The van der Waals surface area contributed by atoms with Gasteiger partial charge in [0.1, 0.15) is 17.1 Å². The number of rotatable bonds is 6. The summed E-state index contributed by atoms with van der Waals surface area (Å²) in [6.45, 7) is 6.81. The lowest BCUT2D eigenvalue weighted by Crippen LogP contribution is -2.29. The van der Waals surface area contributed by atoms with E-state index in [9.17, 15) is 18.8 Å². The highest BCUT2D eigenvalue weighted by molar-refractivity contribution is 5.94. The van der Waals surface area contributed by atoms with E-state index >= 15 is 0 Å². The van der Waals surface area contributed by atoms with E-state index in [0.29, 0.717) is 53.8 Å². The molecule has 202 valence electrons. The van der Waals surface area contributed by atoms with Gasteiger partial charge < -0.3 is 14.6 Å². The van der Waals surface area contributed by atoms with Crippen LogP contribution in [-0.2, 0) is 9.53 Å². The van der Waals surface area contributed by atoms with Gasteiger partial charge in [-0.25, -0.2) is 9.07 Å². The molecule has 0 radical (unpaired) electrons.